The highest BCUT2D eigenvalue weighted by Gasteiger charge is 2.29. The van der Waals surface area contributed by atoms with Gasteiger partial charge in [0.1, 0.15) is 17.0 Å². The molecule has 0 saturated carbocycles. The normalized spacial score (nSPS) is 14.1. The molecule has 0 unspecified atom stereocenters. The molecule has 1 saturated heterocycles. The summed E-state index contributed by atoms with van der Waals surface area (Å²) < 4.78 is 54.4. The van der Waals surface area contributed by atoms with Crippen LogP contribution >= 0.6 is 11.3 Å². The number of rotatable bonds is 6. The summed E-state index contributed by atoms with van der Waals surface area (Å²) in [5.74, 6) is -2.26. The van der Waals surface area contributed by atoms with Crippen LogP contribution in [0.4, 0.5) is 24.0 Å². The molecular weight excluding hydrogens is 513 g/mol. The molecule has 1 aliphatic rings. The van der Waals surface area contributed by atoms with E-state index in [4.69, 9.17) is 9.47 Å². The van der Waals surface area contributed by atoms with Gasteiger partial charge >= 0.3 is 12.6 Å². The van der Waals surface area contributed by atoms with Gasteiger partial charge in [-0.1, -0.05) is 11.3 Å². The van der Waals surface area contributed by atoms with Crippen LogP contribution in [0.25, 0.3) is 21.1 Å². The van der Waals surface area contributed by atoms with Crippen LogP contribution in [-0.2, 0) is 7.05 Å². The predicted octanol–water partition coefficient (Wildman–Crippen LogP) is 3.92. The number of thiazole rings is 1. The van der Waals surface area contributed by atoms with E-state index in [9.17, 15) is 23.5 Å². The number of piperazine rings is 1. The van der Waals surface area contributed by atoms with E-state index in [0.29, 0.717) is 13.1 Å². The number of benzene rings is 2. The maximum absolute atomic E-state index is 15.4. The monoisotopic (exact) mass is 534 g/mol. The molecule has 5 rings (SSSR count). The van der Waals surface area contributed by atoms with E-state index in [1.54, 1.807) is 12.0 Å². The number of hydrogen-bond donors (Lipinski definition) is 1. The minimum Gasteiger partial charge on any atom is -0.497 e. The van der Waals surface area contributed by atoms with E-state index >= 15 is 4.39 Å². The van der Waals surface area contributed by atoms with Gasteiger partial charge < -0.3 is 28.9 Å². The van der Waals surface area contributed by atoms with Crippen molar-refractivity contribution >= 4 is 49.2 Å². The molecule has 13 heteroatoms. The quantitative estimate of drug-likeness (QED) is 0.398. The fourth-order valence-corrected chi connectivity index (χ4v) is 5.56. The lowest BCUT2D eigenvalue weighted by atomic mass is 10.1. The first-order chi connectivity index (χ1) is 17.7. The lowest BCUT2D eigenvalue weighted by molar-refractivity contribution is -0.0488. The highest BCUT2D eigenvalue weighted by atomic mass is 32.1. The summed E-state index contributed by atoms with van der Waals surface area (Å²) in [6.07, 6.45) is 1.01. The number of carboxylic acids is 1. The number of anilines is 2. The molecule has 0 aliphatic carbocycles. The standard InChI is InChI=1S/C24H21F3N4O5S/c1-29-11-14(22(33)34)20(32)13-10-15(25)19(21(18(13)29)36-23(26)27)30-5-7-31(8-6-30)24-28-16-4-3-12(35-2)9-17(16)37-24/h3-4,9-11,23H,5-8H2,1-2H3,(H,33,34). The Balaban J connectivity index is 1.51. The van der Waals surface area contributed by atoms with Crippen molar-refractivity contribution in [2.24, 2.45) is 7.05 Å². The van der Waals surface area contributed by atoms with Gasteiger partial charge in [-0.2, -0.15) is 8.78 Å². The lowest BCUT2D eigenvalue weighted by Gasteiger charge is -2.37. The summed E-state index contributed by atoms with van der Waals surface area (Å²) in [5.41, 5.74) is -1.10. The smallest absolute Gasteiger partial charge is 0.387 e. The van der Waals surface area contributed by atoms with Gasteiger partial charge in [-0.3, -0.25) is 4.79 Å². The Morgan fingerprint density at radius 3 is 2.51 bits per heavy atom. The van der Waals surface area contributed by atoms with Gasteiger partial charge in [0, 0.05) is 39.4 Å². The predicted molar refractivity (Wildman–Crippen MR) is 133 cm³/mol. The number of hydrogen-bond acceptors (Lipinski definition) is 8. The number of nitrogens with zero attached hydrogens (tertiary/aromatic N) is 4. The number of aromatic nitrogens is 2. The Hall–Kier alpha value is -4.00. The van der Waals surface area contributed by atoms with E-state index in [1.165, 1.54) is 23.0 Å². The van der Waals surface area contributed by atoms with Gasteiger partial charge in [0.25, 0.3) is 0 Å². The second kappa shape index (κ2) is 9.47. The molecule has 9 nitrogen and oxygen atoms in total. The van der Waals surface area contributed by atoms with Crippen LogP contribution in [0.2, 0.25) is 0 Å². The molecule has 0 bridgehead atoms. The first-order valence-electron chi connectivity index (χ1n) is 11.2. The average molecular weight is 535 g/mol. The van der Waals surface area contributed by atoms with Crippen molar-refractivity contribution in [2.45, 2.75) is 6.61 Å². The first kappa shape index (κ1) is 24.7. The number of carboxylic acid groups (broad SMARTS) is 1. The minimum absolute atomic E-state index is 0.116. The van der Waals surface area contributed by atoms with Gasteiger partial charge in [-0.05, 0) is 24.3 Å². The maximum atomic E-state index is 15.4. The third kappa shape index (κ3) is 4.39. The van der Waals surface area contributed by atoms with E-state index in [1.807, 2.05) is 23.1 Å². The zero-order valence-electron chi connectivity index (χ0n) is 19.7. The summed E-state index contributed by atoms with van der Waals surface area (Å²) in [7, 11) is 2.97. The highest BCUT2D eigenvalue weighted by molar-refractivity contribution is 7.22. The second-order valence-corrected chi connectivity index (χ2v) is 9.41. The third-order valence-corrected chi connectivity index (χ3v) is 7.31. The molecule has 1 fully saturated rings. The van der Waals surface area contributed by atoms with Crippen molar-refractivity contribution in [1.29, 1.82) is 0 Å². The Morgan fingerprint density at radius 2 is 1.86 bits per heavy atom. The van der Waals surface area contributed by atoms with Crippen LogP contribution < -0.4 is 24.7 Å². The number of ether oxygens (including phenoxy) is 2. The van der Waals surface area contributed by atoms with Crippen LogP contribution in [0.15, 0.2) is 35.3 Å². The van der Waals surface area contributed by atoms with Gasteiger partial charge in [-0.25, -0.2) is 14.2 Å². The summed E-state index contributed by atoms with van der Waals surface area (Å²) in [6.45, 7) is -1.90. The molecule has 37 heavy (non-hydrogen) atoms. The molecule has 2 aromatic carbocycles. The molecular formula is C24H21F3N4O5S. The number of carbonyl (C=O) groups is 1. The number of fused-ring (bicyclic) bond motifs is 2. The Bertz CT molecular complexity index is 1580. The number of alkyl halides is 2. The van der Waals surface area contributed by atoms with Crippen LogP contribution in [0.3, 0.4) is 0 Å². The van der Waals surface area contributed by atoms with Crippen molar-refractivity contribution in [3.05, 3.63) is 52.1 Å². The molecule has 1 aliphatic heterocycles. The van der Waals surface area contributed by atoms with Crippen molar-refractivity contribution in [3.63, 3.8) is 0 Å². The SMILES string of the molecule is COc1ccc2nc(N3CCN(c4c(F)cc5c(=O)c(C(=O)O)cn(C)c5c4OC(F)F)CC3)sc2c1. The number of aryl methyl sites for hydroxylation is 1. The molecule has 0 radical (unpaired) electrons. The number of pyridine rings is 1. The van der Waals surface area contributed by atoms with Crippen molar-refractivity contribution < 1.29 is 32.5 Å². The average Bonchev–Trinajstić information content (AvgIpc) is 3.29. The first-order valence-corrected chi connectivity index (χ1v) is 12.0. The third-order valence-electron chi connectivity index (χ3n) is 6.24. The molecule has 194 valence electrons. The summed E-state index contributed by atoms with van der Waals surface area (Å²) in [4.78, 5) is 32.4. The molecule has 3 heterocycles. The van der Waals surface area contributed by atoms with Crippen LogP contribution in [0.1, 0.15) is 10.4 Å². The number of aromatic carboxylic acids is 1. The largest absolute Gasteiger partial charge is 0.497 e. The maximum Gasteiger partial charge on any atom is 0.387 e. The van der Waals surface area contributed by atoms with Crippen LogP contribution in [-0.4, -0.2) is 60.5 Å². The summed E-state index contributed by atoms with van der Waals surface area (Å²) >= 11 is 1.49. The molecule has 1 N–H and O–H groups in total. The van der Waals surface area contributed by atoms with Gasteiger partial charge in [0.05, 0.1) is 28.2 Å². The van der Waals surface area contributed by atoms with E-state index in [0.717, 1.165) is 33.4 Å². The van der Waals surface area contributed by atoms with Crippen molar-refractivity contribution in [2.75, 3.05) is 43.1 Å². The minimum atomic E-state index is -3.29. The summed E-state index contributed by atoms with van der Waals surface area (Å²) in [6, 6.07) is 6.46. The van der Waals surface area contributed by atoms with E-state index in [2.05, 4.69) is 4.98 Å². The summed E-state index contributed by atoms with van der Waals surface area (Å²) in [5, 5.41) is 9.72. The number of methoxy groups -OCH3 is 1. The van der Waals surface area contributed by atoms with E-state index in [-0.39, 0.29) is 29.7 Å². The fourth-order valence-electron chi connectivity index (χ4n) is 4.52. The molecule has 0 spiro atoms. The lowest BCUT2D eigenvalue weighted by Crippen LogP contribution is -2.47. The second-order valence-electron chi connectivity index (χ2n) is 8.40. The van der Waals surface area contributed by atoms with Gasteiger partial charge in [0.15, 0.2) is 16.7 Å². The van der Waals surface area contributed by atoms with Gasteiger partial charge in [0.2, 0.25) is 5.43 Å². The fraction of sp³-hybridized carbons (Fsp3) is 0.292. The number of halogens is 3. The highest BCUT2D eigenvalue weighted by Crippen LogP contribution is 2.40. The topological polar surface area (TPSA) is 97.1 Å². The molecule has 2 aromatic heterocycles. The Morgan fingerprint density at radius 1 is 1.16 bits per heavy atom. The molecule has 0 amide bonds. The Labute approximate surface area is 211 Å². The van der Waals surface area contributed by atoms with Crippen molar-refractivity contribution in [3.8, 4) is 11.5 Å². The Kier molecular flexibility index (Phi) is 6.31. The zero-order chi connectivity index (χ0) is 26.4. The van der Waals surface area contributed by atoms with Crippen molar-refractivity contribution in [1.82, 2.24) is 9.55 Å². The molecule has 0 atom stereocenters. The van der Waals surface area contributed by atoms with E-state index < -0.39 is 35.1 Å². The van der Waals surface area contributed by atoms with Crippen LogP contribution in [0, 0.1) is 5.82 Å². The van der Waals surface area contributed by atoms with Gasteiger partial charge in [-0.15, -0.1) is 0 Å². The molecule has 4 aromatic rings. The van der Waals surface area contributed by atoms with Crippen LogP contribution in [0.5, 0.6) is 11.5 Å². The zero-order valence-corrected chi connectivity index (χ0v) is 20.5.